The van der Waals surface area contributed by atoms with Crippen LogP contribution in [0, 0.1) is 11.8 Å². The van der Waals surface area contributed by atoms with Crippen LogP contribution < -0.4 is 0 Å². The molecule has 64 valence electrons. The van der Waals surface area contributed by atoms with E-state index in [0.29, 0.717) is 5.56 Å². The molecule has 0 aliphatic heterocycles. The van der Waals surface area contributed by atoms with Gasteiger partial charge in [-0.05, 0) is 29.8 Å². The van der Waals surface area contributed by atoms with Crippen molar-refractivity contribution in [3.05, 3.63) is 28.7 Å². The van der Waals surface area contributed by atoms with Gasteiger partial charge in [0.05, 0.1) is 4.90 Å². The van der Waals surface area contributed by atoms with Crippen LogP contribution in [0.3, 0.4) is 0 Å². The van der Waals surface area contributed by atoms with Crippen LogP contribution >= 0.6 is 0 Å². The number of thiol groups is 1. The lowest BCUT2D eigenvalue weighted by Gasteiger charge is -1.96. The monoisotopic (exact) mass is 185 g/mol. The normalized spacial score (nSPS) is 10.2. The maximum absolute atomic E-state index is 10.6. The quantitative estimate of drug-likeness (QED) is 0.559. The van der Waals surface area contributed by atoms with Gasteiger partial charge in [-0.3, -0.25) is 0 Å². The molecule has 0 aliphatic carbocycles. The minimum Gasteiger partial charge on any atom is -0.227 e. The van der Waals surface area contributed by atoms with E-state index in [4.69, 9.17) is 0 Å². The fraction of sp³-hybridized carbons (Fsp3) is 0.143. The first-order valence-electron chi connectivity index (χ1n) is 3.23. The van der Waals surface area contributed by atoms with Crippen LogP contribution in [0.4, 0.5) is 5.69 Å². The average molecular weight is 185 g/mol. The van der Waals surface area contributed by atoms with Crippen LogP contribution in [0.1, 0.15) is 5.56 Å². The first-order valence-corrected chi connectivity index (χ1v) is 4.41. The van der Waals surface area contributed by atoms with Crippen molar-refractivity contribution < 1.29 is 8.42 Å². The van der Waals surface area contributed by atoms with Gasteiger partial charge >= 0.3 is 0 Å². The molecule has 0 aliphatic rings. The maximum Gasteiger partial charge on any atom is 0.168 e. The number of hydrogen-bond donors (Lipinski definition) is 1. The Hall–Kier alpha value is -1.23. The van der Waals surface area contributed by atoms with Crippen LogP contribution in [-0.4, -0.2) is 8.42 Å². The molecule has 0 N–H and O–H groups in total. The molecule has 4 nitrogen and oxygen atoms in total. The van der Waals surface area contributed by atoms with Gasteiger partial charge in [-0.25, -0.2) is 8.42 Å². The third kappa shape index (κ3) is 1.68. The van der Waals surface area contributed by atoms with Crippen LogP contribution in [-0.2, 0) is 10.7 Å². The molecule has 1 rings (SSSR count). The lowest BCUT2D eigenvalue weighted by Crippen LogP contribution is -1.84. The summed E-state index contributed by atoms with van der Waals surface area (Å²) >= 11 is 0. The fourth-order valence-electron chi connectivity index (χ4n) is 0.851. The molecule has 0 fully saturated rings. The second kappa shape index (κ2) is 3.44. The highest BCUT2D eigenvalue weighted by molar-refractivity contribution is 7.72. The third-order valence-corrected chi connectivity index (χ3v) is 2.37. The van der Waals surface area contributed by atoms with Crippen molar-refractivity contribution in [2.45, 2.75) is 11.8 Å². The molecule has 0 saturated heterocycles. The fourth-order valence-corrected chi connectivity index (χ4v) is 1.45. The molecule has 0 spiro atoms. The number of nitrogens with zero attached hydrogens (tertiary/aromatic N) is 1. The van der Waals surface area contributed by atoms with Crippen molar-refractivity contribution >= 4 is 16.4 Å². The highest BCUT2D eigenvalue weighted by Crippen LogP contribution is 2.18. The van der Waals surface area contributed by atoms with Gasteiger partial charge in [0.1, 0.15) is 5.69 Å². The predicted molar refractivity (Wildman–Crippen MR) is 45.2 cm³/mol. The molecule has 1 aromatic carbocycles. The Morgan fingerprint density at radius 1 is 1.33 bits per heavy atom. The van der Waals surface area contributed by atoms with Crippen molar-refractivity contribution in [3.8, 4) is 0 Å². The summed E-state index contributed by atoms with van der Waals surface area (Å²) in [7, 11) is -2.64. The van der Waals surface area contributed by atoms with E-state index < -0.39 is 10.7 Å². The molecule has 0 radical (unpaired) electrons. The van der Waals surface area contributed by atoms with Gasteiger partial charge in [-0.2, -0.15) is 0 Å². The SMILES string of the molecule is Cc1ccc(N=O)cc1[SH](=O)=O. The molecular weight excluding hydrogens is 178 g/mol. The van der Waals surface area contributed by atoms with E-state index >= 15 is 0 Å². The molecule has 0 amide bonds. The average Bonchev–Trinajstić information content (AvgIpc) is 2.05. The number of hydrogen-bond acceptors (Lipinski definition) is 4. The third-order valence-electron chi connectivity index (χ3n) is 1.49. The predicted octanol–water partition coefficient (Wildman–Crippen LogP) is 1.36. The van der Waals surface area contributed by atoms with E-state index in [9.17, 15) is 13.3 Å². The maximum atomic E-state index is 10.6. The van der Waals surface area contributed by atoms with Gasteiger partial charge in [0.25, 0.3) is 0 Å². The number of aryl methyl sites for hydroxylation is 1. The lowest BCUT2D eigenvalue weighted by atomic mass is 10.2. The summed E-state index contributed by atoms with van der Waals surface area (Å²) in [6.45, 7) is 1.66. The minimum atomic E-state index is -2.64. The second-order valence-corrected chi connectivity index (χ2v) is 3.32. The number of nitroso groups, excluding NO2 is 1. The van der Waals surface area contributed by atoms with E-state index in [1.165, 1.54) is 12.1 Å². The summed E-state index contributed by atoms with van der Waals surface area (Å²) in [5.74, 6) is 0. The largest absolute Gasteiger partial charge is 0.227 e. The van der Waals surface area contributed by atoms with Gasteiger partial charge in [0.2, 0.25) is 0 Å². The zero-order valence-corrected chi connectivity index (χ0v) is 7.25. The van der Waals surface area contributed by atoms with Crippen molar-refractivity contribution in [2.75, 3.05) is 0 Å². The summed E-state index contributed by atoms with van der Waals surface area (Å²) in [5, 5.41) is 2.64. The van der Waals surface area contributed by atoms with Crippen LogP contribution in [0.15, 0.2) is 28.3 Å². The standard InChI is InChI=1S/C7H7NO3S/c1-5-2-3-6(8-9)4-7(5)12(10)11/h2-4,12H,1H3. The number of benzene rings is 1. The first-order chi connectivity index (χ1) is 5.65. The summed E-state index contributed by atoms with van der Waals surface area (Å²) in [5.41, 5.74) is 0.758. The Labute approximate surface area is 71.1 Å². The number of rotatable bonds is 2. The topological polar surface area (TPSA) is 63.6 Å². The Bertz CT molecular complexity index is 376. The Balaban J connectivity index is 3.35. The van der Waals surface area contributed by atoms with Crippen molar-refractivity contribution in [2.24, 2.45) is 5.18 Å². The second-order valence-electron chi connectivity index (χ2n) is 2.32. The molecule has 1 aromatic rings. The van der Waals surface area contributed by atoms with Gasteiger partial charge in [-0.15, -0.1) is 4.91 Å². The van der Waals surface area contributed by atoms with Gasteiger partial charge in [0, 0.05) is 0 Å². The Morgan fingerprint density at radius 3 is 2.50 bits per heavy atom. The molecule has 0 saturated carbocycles. The summed E-state index contributed by atoms with van der Waals surface area (Å²) in [4.78, 5) is 10.2. The van der Waals surface area contributed by atoms with E-state index in [1.54, 1.807) is 13.0 Å². The van der Waals surface area contributed by atoms with E-state index in [0.717, 1.165) is 0 Å². The highest BCUT2D eigenvalue weighted by Gasteiger charge is 2.01. The van der Waals surface area contributed by atoms with Crippen molar-refractivity contribution in [1.82, 2.24) is 0 Å². The smallest absolute Gasteiger partial charge is 0.168 e. The minimum absolute atomic E-state index is 0.134. The molecule has 0 heterocycles. The zero-order valence-electron chi connectivity index (χ0n) is 6.35. The lowest BCUT2D eigenvalue weighted by molar-refractivity contribution is 0.614. The molecular formula is C7H7NO3S. The van der Waals surface area contributed by atoms with Gasteiger partial charge in [-0.1, -0.05) is 6.07 Å². The van der Waals surface area contributed by atoms with Gasteiger partial charge < -0.3 is 0 Å². The van der Waals surface area contributed by atoms with Crippen molar-refractivity contribution in [1.29, 1.82) is 0 Å². The Kier molecular flexibility index (Phi) is 2.54. The van der Waals surface area contributed by atoms with E-state index in [1.807, 2.05) is 0 Å². The molecule has 0 bridgehead atoms. The molecule has 12 heavy (non-hydrogen) atoms. The zero-order chi connectivity index (χ0) is 9.14. The molecule has 0 unspecified atom stereocenters. The van der Waals surface area contributed by atoms with Gasteiger partial charge in [0.15, 0.2) is 10.7 Å². The summed E-state index contributed by atoms with van der Waals surface area (Å²) < 4.78 is 21.2. The first kappa shape index (κ1) is 8.86. The Morgan fingerprint density at radius 2 is 2.00 bits per heavy atom. The summed E-state index contributed by atoms with van der Waals surface area (Å²) in [6, 6.07) is 4.29. The molecule has 0 atom stereocenters. The van der Waals surface area contributed by atoms with Crippen molar-refractivity contribution in [3.63, 3.8) is 0 Å². The van der Waals surface area contributed by atoms with E-state index in [2.05, 4.69) is 5.18 Å². The highest BCUT2D eigenvalue weighted by atomic mass is 32.2. The summed E-state index contributed by atoms with van der Waals surface area (Å²) in [6.07, 6.45) is 0. The molecule has 5 heteroatoms. The van der Waals surface area contributed by atoms with Crippen LogP contribution in [0.25, 0.3) is 0 Å². The van der Waals surface area contributed by atoms with Crippen LogP contribution in [0.2, 0.25) is 0 Å². The molecule has 0 aromatic heterocycles. The van der Waals surface area contributed by atoms with E-state index in [-0.39, 0.29) is 10.6 Å². The van der Waals surface area contributed by atoms with Crippen LogP contribution in [0.5, 0.6) is 0 Å².